The Labute approximate surface area is 297 Å². The van der Waals surface area contributed by atoms with Gasteiger partial charge in [-0.15, -0.1) is 0 Å². The van der Waals surface area contributed by atoms with Gasteiger partial charge < -0.3 is 19.3 Å². The van der Waals surface area contributed by atoms with Gasteiger partial charge in [-0.25, -0.2) is 0 Å². The zero-order valence-corrected chi connectivity index (χ0v) is 29.0. The summed E-state index contributed by atoms with van der Waals surface area (Å²) in [5, 5.41) is 9.15. The maximum absolute atomic E-state index is 14.3. The molecule has 0 bridgehead atoms. The highest BCUT2D eigenvalue weighted by Crippen LogP contribution is 2.55. The van der Waals surface area contributed by atoms with Crippen molar-refractivity contribution in [2.45, 2.75) is 18.8 Å². The van der Waals surface area contributed by atoms with Crippen LogP contribution in [0.15, 0.2) is 100 Å². The topological polar surface area (TPSA) is 119 Å². The number of amides is 2. The quantitative estimate of drug-likeness (QED) is 0.119. The summed E-state index contributed by atoms with van der Waals surface area (Å²) in [4.78, 5) is 56.5. The Bertz CT molecular complexity index is 2020. The number of aliphatic hydroxyl groups is 1. The fourth-order valence-corrected chi connectivity index (χ4v) is 8.10. The Hall–Kier alpha value is -5.06. The Balaban J connectivity index is 1.19. The van der Waals surface area contributed by atoms with E-state index in [9.17, 15) is 19.2 Å². The molecule has 0 spiro atoms. The summed E-state index contributed by atoms with van der Waals surface area (Å²) >= 11 is 3.27. The van der Waals surface area contributed by atoms with Gasteiger partial charge in [0.05, 0.1) is 42.8 Å². The van der Waals surface area contributed by atoms with E-state index >= 15 is 0 Å². The molecule has 1 heterocycles. The molecule has 1 saturated heterocycles. The van der Waals surface area contributed by atoms with Crippen molar-refractivity contribution in [3.05, 3.63) is 117 Å². The number of Topliss-reactive ketones (excluding diaryl/α,β-unsaturated/α-hetero) is 1. The zero-order chi connectivity index (χ0) is 35.1. The molecule has 1 fully saturated rings. The summed E-state index contributed by atoms with van der Waals surface area (Å²) in [6.07, 6.45) is 7.67. The lowest BCUT2D eigenvalue weighted by atomic mass is 9.59. The van der Waals surface area contributed by atoms with Crippen molar-refractivity contribution in [3.8, 4) is 17.2 Å². The molecule has 2 amide bonds. The summed E-state index contributed by atoms with van der Waals surface area (Å²) in [5.41, 5.74) is 4.61. The number of rotatable bonds is 9. The average Bonchev–Trinajstić information content (AvgIpc) is 3.40. The molecule has 4 atom stereocenters. The minimum Gasteiger partial charge on any atom is -0.497 e. The van der Waals surface area contributed by atoms with Crippen molar-refractivity contribution < 1.29 is 38.5 Å². The van der Waals surface area contributed by atoms with Crippen molar-refractivity contribution in [1.29, 1.82) is 0 Å². The third kappa shape index (κ3) is 5.82. The Kier molecular flexibility index (Phi) is 9.15. The van der Waals surface area contributed by atoms with E-state index in [0.29, 0.717) is 40.5 Å². The molecule has 1 aliphatic heterocycles. The van der Waals surface area contributed by atoms with Crippen LogP contribution in [-0.2, 0) is 19.2 Å². The van der Waals surface area contributed by atoms with E-state index in [0.717, 1.165) is 22.3 Å². The molecule has 0 saturated carbocycles. The third-order valence-corrected chi connectivity index (χ3v) is 10.5. The van der Waals surface area contributed by atoms with Crippen molar-refractivity contribution in [1.82, 2.24) is 0 Å². The van der Waals surface area contributed by atoms with Gasteiger partial charge in [0.1, 0.15) is 23.9 Å². The summed E-state index contributed by atoms with van der Waals surface area (Å²) < 4.78 is 16.5. The number of aliphatic hydroxyl groups excluding tert-OH is 1. The smallest absolute Gasteiger partial charge is 0.238 e. The molecule has 0 unspecified atom stereocenters. The number of fused-ring (bicyclic) bond motifs is 3. The van der Waals surface area contributed by atoms with Gasteiger partial charge in [0, 0.05) is 28.7 Å². The first-order valence-corrected chi connectivity index (χ1v) is 17.1. The number of ketones is 2. The molecule has 0 radical (unpaired) electrons. The van der Waals surface area contributed by atoms with Gasteiger partial charge in [0.2, 0.25) is 11.8 Å². The van der Waals surface area contributed by atoms with Gasteiger partial charge in [-0.3, -0.25) is 24.1 Å². The Morgan fingerprint density at radius 1 is 0.880 bits per heavy atom. The van der Waals surface area contributed by atoms with E-state index in [1.807, 2.05) is 60.7 Å². The number of carbonyl (C=O) groups is 4. The fraction of sp³-hybridized carbons (Fsp3) is 0.250. The number of anilines is 1. The van der Waals surface area contributed by atoms with Crippen LogP contribution in [-0.4, -0.2) is 55.9 Å². The number of nitrogens with zero attached hydrogens (tertiary/aromatic N) is 1. The molecule has 10 heteroatoms. The highest BCUT2D eigenvalue weighted by atomic mass is 79.9. The fourth-order valence-electron chi connectivity index (χ4n) is 7.65. The molecule has 3 aliphatic carbocycles. The summed E-state index contributed by atoms with van der Waals surface area (Å²) in [7, 11) is 3.21. The molecule has 9 nitrogen and oxygen atoms in total. The van der Waals surface area contributed by atoms with E-state index in [1.165, 1.54) is 11.0 Å². The van der Waals surface area contributed by atoms with Gasteiger partial charge in [0.15, 0.2) is 11.6 Å². The van der Waals surface area contributed by atoms with Crippen LogP contribution in [0.3, 0.4) is 0 Å². The lowest BCUT2D eigenvalue weighted by Crippen LogP contribution is -2.39. The van der Waals surface area contributed by atoms with Crippen molar-refractivity contribution in [2.24, 2.45) is 17.8 Å². The predicted octanol–water partition coefficient (Wildman–Crippen LogP) is 6.21. The molecule has 1 N–H and O–H groups in total. The van der Waals surface area contributed by atoms with Crippen LogP contribution < -0.4 is 19.1 Å². The second-order valence-corrected chi connectivity index (χ2v) is 13.4. The van der Waals surface area contributed by atoms with Crippen LogP contribution >= 0.6 is 15.9 Å². The number of benzene rings is 3. The highest BCUT2D eigenvalue weighted by molar-refractivity contribution is 9.12. The van der Waals surface area contributed by atoms with Crippen LogP contribution in [0.1, 0.15) is 35.4 Å². The largest absolute Gasteiger partial charge is 0.497 e. The molecule has 4 aliphatic rings. The molecule has 50 heavy (non-hydrogen) atoms. The first-order chi connectivity index (χ1) is 24.2. The van der Waals surface area contributed by atoms with Gasteiger partial charge in [-0.2, -0.15) is 0 Å². The third-order valence-electron chi connectivity index (χ3n) is 9.95. The zero-order valence-electron chi connectivity index (χ0n) is 27.4. The number of ether oxygens (including phenoxy) is 3. The predicted molar refractivity (Wildman–Crippen MR) is 191 cm³/mol. The number of imide groups is 1. The first-order valence-electron chi connectivity index (χ1n) is 16.3. The van der Waals surface area contributed by atoms with Crippen molar-refractivity contribution >= 4 is 57.2 Å². The van der Waals surface area contributed by atoms with Crippen LogP contribution in [0.2, 0.25) is 0 Å². The highest BCUT2D eigenvalue weighted by Gasteiger charge is 2.56. The summed E-state index contributed by atoms with van der Waals surface area (Å²) in [5.74, 6) is -1.42. The van der Waals surface area contributed by atoms with Crippen LogP contribution in [0.25, 0.3) is 12.2 Å². The summed E-state index contributed by atoms with van der Waals surface area (Å²) in [6.45, 7) is 0.0191. The minimum absolute atomic E-state index is 0.125. The molecule has 0 aromatic heterocycles. The second kappa shape index (κ2) is 13.7. The van der Waals surface area contributed by atoms with Gasteiger partial charge in [-0.1, -0.05) is 48.1 Å². The van der Waals surface area contributed by atoms with Crippen molar-refractivity contribution in [3.63, 3.8) is 0 Å². The maximum Gasteiger partial charge on any atom is 0.238 e. The van der Waals surface area contributed by atoms with Gasteiger partial charge >= 0.3 is 0 Å². The average molecular weight is 737 g/mol. The lowest BCUT2D eigenvalue weighted by molar-refractivity contribution is -0.123. The van der Waals surface area contributed by atoms with E-state index in [-0.39, 0.29) is 47.5 Å². The Morgan fingerprint density at radius 3 is 2.32 bits per heavy atom. The van der Waals surface area contributed by atoms with Crippen molar-refractivity contribution in [2.75, 3.05) is 32.3 Å². The normalized spacial score (nSPS) is 23.0. The van der Waals surface area contributed by atoms with E-state index in [2.05, 4.69) is 15.9 Å². The molecular formula is C40H34BrNO8. The van der Waals surface area contributed by atoms with Crippen LogP contribution in [0.4, 0.5) is 5.69 Å². The molecule has 3 aromatic carbocycles. The Morgan fingerprint density at radius 2 is 1.62 bits per heavy atom. The maximum atomic E-state index is 14.3. The number of hydrogen-bond acceptors (Lipinski definition) is 8. The monoisotopic (exact) mass is 735 g/mol. The second-order valence-electron chi connectivity index (χ2n) is 12.6. The standard InChI is InChI=1S/C40H34BrNO8/c1-48-27-13-16-34(49-2)24(19-27)6-3-22-4-9-25(10-5-22)42-39(46)29-15-14-28-30(36(29)40(42)47)20-31-37(33(44)21-32(41)38(31)45)35(28)23-7-11-26(12-8-23)50-18-17-43/h3-14,16,19,21,29-30,35-36,43H,15,17-18,20H2,1-2H3/t29-,30+,35-,36-/m0/s1. The number of hydrogen-bond donors (Lipinski definition) is 1. The molecular weight excluding hydrogens is 702 g/mol. The van der Waals surface area contributed by atoms with Crippen LogP contribution in [0, 0.1) is 17.8 Å². The number of allylic oxidation sites excluding steroid dienone is 6. The van der Waals surface area contributed by atoms with Gasteiger partial charge in [-0.05, 0) is 88.3 Å². The molecule has 3 aromatic rings. The van der Waals surface area contributed by atoms with Gasteiger partial charge in [0.25, 0.3) is 0 Å². The summed E-state index contributed by atoms with van der Waals surface area (Å²) in [6, 6.07) is 20.0. The SMILES string of the molecule is COc1ccc(OC)c(C=Cc2ccc(N3C(=O)[C@H]4[C@H](CC=C5[C@H](c6ccc(OCCO)cc6)C6=C(C[C@H]54)C(=O)C(Br)=CC6=O)C3=O)cc2)c1. The van der Waals surface area contributed by atoms with Crippen LogP contribution in [0.5, 0.6) is 17.2 Å². The lowest BCUT2D eigenvalue weighted by Gasteiger charge is -2.42. The minimum atomic E-state index is -0.682. The molecule has 7 rings (SSSR count). The molecule has 254 valence electrons. The number of halogens is 1. The van der Waals surface area contributed by atoms with E-state index in [4.69, 9.17) is 19.3 Å². The number of carbonyl (C=O) groups excluding carboxylic acids is 4. The number of methoxy groups -OCH3 is 2. The van der Waals surface area contributed by atoms with E-state index in [1.54, 1.807) is 38.5 Å². The first kappa shape index (κ1) is 33.4. The van der Waals surface area contributed by atoms with E-state index < -0.39 is 23.7 Å².